The number of hydrogen-bond donors (Lipinski definition) is 3. The molecule has 0 spiro atoms. The Hall–Kier alpha value is -2.71. The van der Waals surface area contributed by atoms with Crippen molar-refractivity contribution in [2.75, 3.05) is 13.2 Å². The van der Waals surface area contributed by atoms with Crippen molar-refractivity contribution < 1.29 is 28.4 Å². The summed E-state index contributed by atoms with van der Waals surface area (Å²) in [7, 11) is 0. The van der Waals surface area contributed by atoms with Crippen LogP contribution in [0, 0.1) is 11.6 Å². The summed E-state index contributed by atoms with van der Waals surface area (Å²) in [5, 5.41) is 2.10. The Morgan fingerprint density at radius 1 is 1.11 bits per heavy atom. The normalized spacial score (nSPS) is 11.6. The summed E-state index contributed by atoms with van der Waals surface area (Å²) in [6, 6.07) is 9.34. The van der Waals surface area contributed by atoms with Crippen molar-refractivity contribution in [3.63, 3.8) is 0 Å². The van der Waals surface area contributed by atoms with E-state index in [9.17, 15) is 18.4 Å². The molecule has 2 rings (SSSR count). The first-order valence-electron chi connectivity index (χ1n) is 8.09. The molecule has 1 atom stereocenters. The molecule has 0 aromatic heterocycles. The summed E-state index contributed by atoms with van der Waals surface area (Å²) in [5.41, 5.74) is 4.73. The molecule has 0 heterocycles. The summed E-state index contributed by atoms with van der Waals surface area (Å²) < 4.78 is 31.8. The van der Waals surface area contributed by atoms with E-state index in [4.69, 9.17) is 16.3 Å². The van der Waals surface area contributed by atoms with Gasteiger partial charge in [0.1, 0.15) is 23.4 Å². The number of halogens is 3. The lowest BCUT2D eigenvalue weighted by molar-refractivity contribution is -0.682. The van der Waals surface area contributed by atoms with E-state index in [1.54, 1.807) is 36.5 Å². The molecule has 27 heavy (non-hydrogen) atoms. The number of ether oxygens (including phenoxy) is 1. The van der Waals surface area contributed by atoms with Crippen LogP contribution in [0.2, 0.25) is 5.02 Å². The predicted octanol–water partition coefficient (Wildman–Crippen LogP) is 1.47. The van der Waals surface area contributed by atoms with Crippen molar-refractivity contribution in [2.45, 2.75) is 13.0 Å². The average Bonchev–Trinajstić information content (AvgIpc) is 2.64. The molecular weight excluding hydrogens is 380 g/mol. The summed E-state index contributed by atoms with van der Waals surface area (Å²) in [6.45, 7) is 1.33. The van der Waals surface area contributed by atoms with Gasteiger partial charge in [0, 0.05) is 16.7 Å². The minimum atomic E-state index is -0.674. The third-order valence-corrected chi connectivity index (χ3v) is 3.89. The number of carbonyl (C=O) groups excluding carboxylic acids is 2. The first-order valence-corrected chi connectivity index (χ1v) is 8.47. The minimum absolute atomic E-state index is 0.0592. The van der Waals surface area contributed by atoms with E-state index < -0.39 is 29.5 Å². The van der Waals surface area contributed by atoms with Crippen LogP contribution in [0.4, 0.5) is 8.78 Å². The lowest BCUT2D eigenvalue weighted by atomic mass is 10.1. The Bertz CT molecular complexity index is 803. The molecule has 0 saturated carbocycles. The minimum Gasteiger partial charge on any atom is -0.484 e. The highest BCUT2D eigenvalue weighted by Gasteiger charge is 2.16. The quantitative estimate of drug-likeness (QED) is 0.617. The molecule has 2 amide bonds. The summed E-state index contributed by atoms with van der Waals surface area (Å²) >= 11 is 5.74. The maximum atomic E-state index is 13.7. The first-order chi connectivity index (χ1) is 12.8. The molecule has 9 heteroatoms. The molecule has 0 aliphatic heterocycles. The monoisotopic (exact) mass is 398 g/mol. The third-order valence-electron chi connectivity index (χ3n) is 3.63. The van der Waals surface area contributed by atoms with E-state index in [0.717, 1.165) is 12.1 Å². The van der Waals surface area contributed by atoms with Crippen molar-refractivity contribution in [1.82, 2.24) is 10.9 Å². The van der Waals surface area contributed by atoms with Crippen molar-refractivity contribution >= 4 is 23.4 Å². The highest BCUT2D eigenvalue weighted by atomic mass is 35.5. The van der Waals surface area contributed by atoms with Crippen molar-refractivity contribution in [2.24, 2.45) is 0 Å². The fraction of sp³-hybridized carbons (Fsp3) is 0.222. The second-order valence-corrected chi connectivity index (χ2v) is 6.17. The van der Waals surface area contributed by atoms with Gasteiger partial charge >= 0.3 is 0 Å². The molecule has 6 nitrogen and oxygen atoms in total. The van der Waals surface area contributed by atoms with Gasteiger partial charge in [-0.25, -0.2) is 8.78 Å². The SMILES string of the molecule is C[C@@H]([NH2+]CC(=O)NNC(=O)COc1ccc(Cl)cc1)c1ccc(F)cc1F. The van der Waals surface area contributed by atoms with E-state index in [-0.39, 0.29) is 18.7 Å². The zero-order chi connectivity index (χ0) is 19.8. The average molecular weight is 399 g/mol. The number of quaternary nitrogens is 1. The standard InChI is InChI=1S/C18H18ClF2N3O3/c1-11(15-7-4-13(20)8-16(15)21)22-9-17(25)23-24-18(26)10-27-14-5-2-12(19)3-6-14/h2-8,11,22H,9-10H2,1H3,(H,23,25)(H,24,26)/p+1/t11-/m1/s1. The zero-order valence-corrected chi connectivity index (χ0v) is 15.2. The van der Waals surface area contributed by atoms with Crippen LogP contribution in [-0.4, -0.2) is 25.0 Å². The zero-order valence-electron chi connectivity index (χ0n) is 14.5. The van der Waals surface area contributed by atoms with Gasteiger partial charge in [-0.15, -0.1) is 0 Å². The van der Waals surface area contributed by atoms with Gasteiger partial charge in [0.15, 0.2) is 13.2 Å². The van der Waals surface area contributed by atoms with Crippen LogP contribution in [0.5, 0.6) is 5.75 Å². The Morgan fingerprint density at radius 3 is 2.44 bits per heavy atom. The van der Waals surface area contributed by atoms with Gasteiger partial charge in [0.2, 0.25) is 0 Å². The fourth-order valence-electron chi connectivity index (χ4n) is 2.19. The van der Waals surface area contributed by atoms with Crippen molar-refractivity contribution in [3.05, 3.63) is 64.7 Å². The number of hydrazine groups is 1. The molecule has 2 aromatic rings. The van der Waals surface area contributed by atoms with Crippen LogP contribution in [0.15, 0.2) is 42.5 Å². The number of nitrogens with one attached hydrogen (secondary N) is 2. The highest BCUT2D eigenvalue weighted by molar-refractivity contribution is 6.30. The number of benzene rings is 2. The van der Waals surface area contributed by atoms with E-state index in [1.807, 2.05) is 0 Å². The molecule has 0 radical (unpaired) electrons. The lowest BCUT2D eigenvalue weighted by Crippen LogP contribution is -2.87. The summed E-state index contributed by atoms with van der Waals surface area (Å²) in [5.74, 6) is -1.90. The fourth-order valence-corrected chi connectivity index (χ4v) is 2.31. The van der Waals surface area contributed by atoms with E-state index in [1.165, 1.54) is 6.07 Å². The van der Waals surface area contributed by atoms with E-state index >= 15 is 0 Å². The molecule has 0 bridgehead atoms. The smallest absolute Gasteiger partial charge is 0.293 e. The third kappa shape index (κ3) is 6.84. The number of nitrogens with two attached hydrogens (primary N) is 1. The van der Waals surface area contributed by atoms with Crippen LogP contribution in [-0.2, 0) is 9.59 Å². The molecule has 144 valence electrons. The lowest BCUT2D eigenvalue weighted by Gasteiger charge is -2.12. The predicted molar refractivity (Wildman–Crippen MR) is 94.8 cm³/mol. The number of hydrogen-bond acceptors (Lipinski definition) is 3. The maximum Gasteiger partial charge on any atom is 0.293 e. The molecule has 0 saturated heterocycles. The van der Waals surface area contributed by atoms with Crippen LogP contribution in [0.3, 0.4) is 0 Å². The van der Waals surface area contributed by atoms with Crippen LogP contribution < -0.4 is 20.9 Å². The van der Waals surface area contributed by atoms with Gasteiger partial charge in [0.25, 0.3) is 11.8 Å². The van der Waals surface area contributed by atoms with Crippen molar-refractivity contribution in [3.8, 4) is 5.75 Å². The maximum absolute atomic E-state index is 13.7. The van der Waals surface area contributed by atoms with Crippen molar-refractivity contribution in [1.29, 1.82) is 0 Å². The number of carbonyl (C=O) groups is 2. The van der Waals surface area contributed by atoms with Gasteiger partial charge < -0.3 is 10.1 Å². The second kappa shape index (κ2) is 9.84. The topological polar surface area (TPSA) is 84.0 Å². The molecule has 0 aliphatic carbocycles. The molecular formula is C18H19ClF2N3O3+. The second-order valence-electron chi connectivity index (χ2n) is 5.73. The Morgan fingerprint density at radius 2 is 1.78 bits per heavy atom. The number of rotatable bonds is 7. The highest BCUT2D eigenvalue weighted by Crippen LogP contribution is 2.15. The largest absolute Gasteiger partial charge is 0.484 e. The van der Waals surface area contributed by atoms with Gasteiger partial charge in [-0.1, -0.05) is 11.6 Å². The number of amides is 2. The van der Waals surface area contributed by atoms with Gasteiger partial charge in [-0.3, -0.25) is 20.4 Å². The van der Waals surface area contributed by atoms with Gasteiger partial charge in [-0.2, -0.15) is 0 Å². The Labute approximate surface area is 159 Å². The molecule has 0 aliphatic rings. The summed E-state index contributed by atoms with van der Waals surface area (Å²) in [6.07, 6.45) is 0. The molecule has 0 unspecified atom stereocenters. The Kier molecular flexibility index (Phi) is 7.51. The van der Waals surface area contributed by atoms with Crippen LogP contribution in [0.1, 0.15) is 18.5 Å². The van der Waals surface area contributed by atoms with E-state index in [2.05, 4.69) is 10.9 Å². The molecule has 4 N–H and O–H groups in total. The summed E-state index contributed by atoms with van der Waals surface area (Å²) in [4.78, 5) is 23.4. The van der Waals surface area contributed by atoms with Gasteiger partial charge in [0.05, 0.1) is 0 Å². The van der Waals surface area contributed by atoms with Crippen LogP contribution in [0.25, 0.3) is 0 Å². The Balaban J connectivity index is 1.69. The molecule has 2 aromatic carbocycles. The van der Waals surface area contributed by atoms with Gasteiger partial charge in [-0.05, 0) is 43.3 Å². The van der Waals surface area contributed by atoms with E-state index in [0.29, 0.717) is 10.8 Å². The molecule has 0 fully saturated rings. The van der Waals surface area contributed by atoms with Crippen LogP contribution >= 0.6 is 11.6 Å². The first kappa shape index (κ1) is 20.6.